The number of rotatable bonds is 7. The van der Waals surface area contributed by atoms with Crippen LogP contribution in [0.5, 0.6) is 5.75 Å². The summed E-state index contributed by atoms with van der Waals surface area (Å²) in [5, 5.41) is 11.8. The Balaban J connectivity index is 1.64. The van der Waals surface area contributed by atoms with Crippen LogP contribution >= 0.6 is 11.8 Å². The molecular formula is C21H24N4O2S. The van der Waals surface area contributed by atoms with Gasteiger partial charge in [-0.2, -0.15) is 0 Å². The number of hydrogen-bond donors (Lipinski definition) is 1. The average Bonchev–Trinajstić information content (AvgIpc) is 3.16. The van der Waals surface area contributed by atoms with Gasteiger partial charge in [0.2, 0.25) is 5.91 Å². The van der Waals surface area contributed by atoms with E-state index in [0.717, 1.165) is 17.0 Å². The van der Waals surface area contributed by atoms with E-state index in [1.54, 1.807) is 13.4 Å². The van der Waals surface area contributed by atoms with Gasteiger partial charge in [-0.15, -0.1) is 10.2 Å². The van der Waals surface area contributed by atoms with Crippen molar-refractivity contribution in [3.63, 3.8) is 0 Å². The minimum absolute atomic E-state index is 0.0506. The lowest BCUT2D eigenvalue weighted by atomic mass is 10.0. The fraction of sp³-hybridized carbons (Fsp3) is 0.286. The highest BCUT2D eigenvalue weighted by molar-refractivity contribution is 7.99. The van der Waals surface area contributed by atoms with E-state index in [9.17, 15) is 4.79 Å². The highest BCUT2D eigenvalue weighted by atomic mass is 32.2. The summed E-state index contributed by atoms with van der Waals surface area (Å²) in [6.07, 6.45) is 1.62. The molecule has 1 heterocycles. The van der Waals surface area contributed by atoms with Gasteiger partial charge in [-0.1, -0.05) is 42.1 Å². The Morgan fingerprint density at radius 2 is 2.00 bits per heavy atom. The van der Waals surface area contributed by atoms with Gasteiger partial charge in [0.25, 0.3) is 0 Å². The number of ether oxygens (including phenoxy) is 1. The first-order chi connectivity index (χ1) is 13.5. The Hall–Kier alpha value is -2.80. The van der Waals surface area contributed by atoms with Crippen molar-refractivity contribution in [2.75, 3.05) is 12.9 Å². The van der Waals surface area contributed by atoms with Crippen molar-refractivity contribution in [1.82, 2.24) is 20.1 Å². The zero-order valence-corrected chi connectivity index (χ0v) is 17.3. The zero-order valence-electron chi connectivity index (χ0n) is 16.5. The van der Waals surface area contributed by atoms with Gasteiger partial charge in [0.1, 0.15) is 12.1 Å². The molecule has 146 valence electrons. The number of aromatic nitrogens is 3. The number of nitrogens with zero attached hydrogens (tertiary/aromatic N) is 3. The monoisotopic (exact) mass is 396 g/mol. The molecule has 7 heteroatoms. The molecule has 1 amide bonds. The molecule has 1 atom stereocenters. The summed E-state index contributed by atoms with van der Waals surface area (Å²) < 4.78 is 7.23. The number of benzene rings is 2. The molecule has 0 aliphatic heterocycles. The molecule has 0 radical (unpaired) electrons. The van der Waals surface area contributed by atoms with Crippen LogP contribution in [0.4, 0.5) is 0 Å². The standard InChI is InChI=1S/C21H24N4O2S/c1-14-9-10-17(11-15(14)2)16(3)23-20(26)12-28-21-24-22-13-25(21)18-7-5-6-8-19(18)27-4/h5-11,13,16H,12H2,1-4H3,(H,23,26). The first-order valence-corrected chi connectivity index (χ1v) is 10.0. The van der Waals surface area contributed by atoms with Gasteiger partial charge < -0.3 is 10.1 Å². The lowest BCUT2D eigenvalue weighted by Gasteiger charge is -2.16. The van der Waals surface area contributed by atoms with Crippen LogP contribution in [0.1, 0.15) is 29.7 Å². The molecule has 1 unspecified atom stereocenters. The van der Waals surface area contributed by atoms with Crippen molar-refractivity contribution < 1.29 is 9.53 Å². The number of aryl methyl sites for hydroxylation is 2. The first kappa shape index (κ1) is 19.9. The molecule has 2 aromatic carbocycles. The molecule has 0 aliphatic rings. The summed E-state index contributed by atoms with van der Waals surface area (Å²) in [5.41, 5.74) is 4.39. The van der Waals surface area contributed by atoms with Crippen LogP contribution in [0.2, 0.25) is 0 Å². The van der Waals surface area contributed by atoms with Crippen LogP contribution in [-0.4, -0.2) is 33.5 Å². The Bertz CT molecular complexity index is 971. The van der Waals surface area contributed by atoms with Gasteiger partial charge in [0, 0.05) is 0 Å². The predicted octanol–water partition coefficient (Wildman–Crippen LogP) is 3.86. The van der Waals surface area contributed by atoms with Crippen molar-refractivity contribution in [2.24, 2.45) is 0 Å². The number of methoxy groups -OCH3 is 1. The second-order valence-electron chi connectivity index (χ2n) is 6.58. The Kier molecular flexibility index (Phi) is 6.36. The number of para-hydroxylation sites is 2. The van der Waals surface area contributed by atoms with Crippen molar-refractivity contribution in [3.8, 4) is 11.4 Å². The molecule has 0 spiro atoms. The summed E-state index contributed by atoms with van der Waals surface area (Å²) in [6, 6.07) is 13.8. The highest BCUT2D eigenvalue weighted by Crippen LogP contribution is 2.26. The SMILES string of the molecule is COc1ccccc1-n1cnnc1SCC(=O)NC(C)c1ccc(C)c(C)c1. The highest BCUT2D eigenvalue weighted by Gasteiger charge is 2.15. The van der Waals surface area contributed by atoms with Crippen LogP contribution in [0.15, 0.2) is 53.9 Å². The van der Waals surface area contributed by atoms with Gasteiger partial charge >= 0.3 is 0 Å². The molecular weight excluding hydrogens is 372 g/mol. The zero-order chi connectivity index (χ0) is 20.1. The molecule has 3 aromatic rings. The maximum Gasteiger partial charge on any atom is 0.230 e. The van der Waals surface area contributed by atoms with E-state index < -0.39 is 0 Å². The molecule has 0 saturated heterocycles. The number of thioether (sulfide) groups is 1. The lowest BCUT2D eigenvalue weighted by molar-refractivity contribution is -0.119. The number of amides is 1. The molecule has 0 aliphatic carbocycles. The molecule has 6 nitrogen and oxygen atoms in total. The van der Waals surface area contributed by atoms with Crippen molar-refractivity contribution in [3.05, 3.63) is 65.5 Å². The van der Waals surface area contributed by atoms with E-state index in [1.165, 1.54) is 22.9 Å². The molecule has 3 rings (SSSR count). The number of carbonyl (C=O) groups is 1. The van der Waals surface area contributed by atoms with Crippen LogP contribution in [-0.2, 0) is 4.79 Å². The molecule has 0 bridgehead atoms. The Morgan fingerprint density at radius 3 is 2.75 bits per heavy atom. The number of carbonyl (C=O) groups excluding carboxylic acids is 1. The Morgan fingerprint density at radius 1 is 1.21 bits per heavy atom. The van der Waals surface area contributed by atoms with Gasteiger partial charge in [0.05, 0.1) is 24.6 Å². The summed E-state index contributed by atoms with van der Waals surface area (Å²) in [4.78, 5) is 12.4. The van der Waals surface area contributed by atoms with Crippen LogP contribution < -0.4 is 10.1 Å². The third-order valence-corrected chi connectivity index (χ3v) is 5.55. The summed E-state index contributed by atoms with van der Waals surface area (Å²) in [7, 11) is 1.62. The summed E-state index contributed by atoms with van der Waals surface area (Å²) >= 11 is 1.34. The fourth-order valence-corrected chi connectivity index (χ4v) is 3.58. The van der Waals surface area contributed by atoms with E-state index in [1.807, 2.05) is 35.8 Å². The maximum atomic E-state index is 12.4. The molecule has 0 saturated carbocycles. The largest absolute Gasteiger partial charge is 0.495 e. The number of hydrogen-bond acceptors (Lipinski definition) is 5. The Labute approximate surface area is 169 Å². The lowest BCUT2D eigenvalue weighted by Crippen LogP contribution is -2.28. The topological polar surface area (TPSA) is 69.0 Å². The second-order valence-corrected chi connectivity index (χ2v) is 7.52. The van der Waals surface area contributed by atoms with Crippen LogP contribution in [0.25, 0.3) is 5.69 Å². The minimum atomic E-state index is -0.0560. The van der Waals surface area contributed by atoms with Crippen LogP contribution in [0, 0.1) is 13.8 Å². The van der Waals surface area contributed by atoms with Gasteiger partial charge in [-0.05, 0) is 49.6 Å². The maximum absolute atomic E-state index is 12.4. The average molecular weight is 397 g/mol. The second kappa shape index (κ2) is 8.93. The predicted molar refractivity (Wildman–Crippen MR) is 111 cm³/mol. The van der Waals surface area contributed by atoms with Crippen molar-refractivity contribution >= 4 is 17.7 Å². The van der Waals surface area contributed by atoms with Crippen LogP contribution in [0.3, 0.4) is 0 Å². The van der Waals surface area contributed by atoms with E-state index in [-0.39, 0.29) is 17.7 Å². The van der Waals surface area contributed by atoms with Crippen molar-refractivity contribution in [2.45, 2.75) is 32.0 Å². The van der Waals surface area contributed by atoms with Gasteiger partial charge in [0.15, 0.2) is 5.16 Å². The molecule has 0 fully saturated rings. The summed E-state index contributed by atoms with van der Waals surface area (Å²) in [6.45, 7) is 6.15. The first-order valence-electron chi connectivity index (χ1n) is 9.02. The third-order valence-electron chi connectivity index (χ3n) is 4.60. The van der Waals surface area contributed by atoms with Gasteiger partial charge in [-0.3, -0.25) is 9.36 Å². The summed E-state index contributed by atoms with van der Waals surface area (Å²) in [5.74, 6) is 0.922. The fourth-order valence-electron chi connectivity index (χ4n) is 2.85. The van der Waals surface area contributed by atoms with E-state index in [4.69, 9.17) is 4.74 Å². The van der Waals surface area contributed by atoms with E-state index in [0.29, 0.717) is 5.16 Å². The van der Waals surface area contributed by atoms with E-state index in [2.05, 4.69) is 47.6 Å². The normalized spacial score (nSPS) is 11.9. The molecule has 28 heavy (non-hydrogen) atoms. The quantitative estimate of drug-likeness (QED) is 0.614. The number of nitrogens with one attached hydrogen (secondary N) is 1. The molecule has 1 aromatic heterocycles. The van der Waals surface area contributed by atoms with Gasteiger partial charge in [-0.25, -0.2) is 0 Å². The van der Waals surface area contributed by atoms with E-state index >= 15 is 0 Å². The smallest absolute Gasteiger partial charge is 0.230 e. The minimum Gasteiger partial charge on any atom is -0.495 e. The van der Waals surface area contributed by atoms with Crippen molar-refractivity contribution in [1.29, 1.82) is 0 Å². The third kappa shape index (κ3) is 4.54. The molecule has 1 N–H and O–H groups in total.